The Morgan fingerprint density at radius 1 is 1.22 bits per heavy atom. The molecular formula is C16H16N2O5. The first kappa shape index (κ1) is 16.2. The molecule has 7 heteroatoms. The zero-order chi connectivity index (χ0) is 16.7. The highest BCUT2D eigenvalue weighted by Crippen LogP contribution is 2.25. The predicted octanol–water partition coefficient (Wildman–Crippen LogP) is 1.64. The zero-order valence-electron chi connectivity index (χ0n) is 12.4. The number of hydrazone groups is 1. The van der Waals surface area contributed by atoms with E-state index in [0.717, 1.165) is 0 Å². The van der Waals surface area contributed by atoms with Crippen LogP contribution in [0.5, 0.6) is 23.0 Å². The maximum absolute atomic E-state index is 11.7. The Hall–Kier alpha value is -3.22. The van der Waals surface area contributed by atoms with Gasteiger partial charge in [0.05, 0.1) is 13.3 Å². The average molecular weight is 316 g/mol. The Bertz CT molecular complexity index is 715. The van der Waals surface area contributed by atoms with E-state index in [0.29, 0.717) is 17.1 Å². The van der Waals surface area contributed by atoms with E-state index >= 15 is 0 Å². The van der Waals surface area contributed by atoms with Gasteiger partial charge >= 0.3 is 0 Å². The molecule has 0 saturated heterocycles. The SMILES string of the molecule is COc1ccccc1OCC(=O)N/N=C/c1ccc(O)cc1O. The Labute approximate surface area is 132 Å². The second-order valence-electron chi connectivity index (χ2n) is 4.48. The van der Waals surface area contributed by atoms with Gasteiger partial charge in [-0.3, -0.25) is 4.79 Å². The number of carbonyl (C=O) groups is 1. The van der Waals surface area contributed by atoms with E-state index in [9.17, 15) is 15.0 Å². The standard InChI is InChI=1S/C16H16N2O5/c1-22-14-4-2-3-5-15(14)23-10-16(21)18-17-9-11-6-7-12(19)8-13(11)20/h2-9,19-20H,10H2,1H3,(H,18,21)/b17-9+. The molecule has 2 aromatic rings. The summed E-state index contributed by atoms with van der Waals surface area (Å²) in [4.78, 5) is 11.7. The summed E-state index contributed by atoms with van der Waals surface area (Å²) in [6.07, 6.45) is 1.26. The summed E-state index contributed by atoms with van der Waals surface area (Å²) in [7, 11) is 1.51. The first-order valence-electron chi connectivity index (χ1n) is 6.70. The van der Waals surface area contributed by atoms with Gasteiger partial charge < -0.3 is 19.7 Å². The van der Waals surface area contributed by atoms with Crippen molar-refractivity contribution < 1.29 is 24.5 Å². The molecule has 0 spiro atoms. The fourth-order valence-corrected chi connectivity index (χ4v) is 1.73. The largest absolute Gasteiger partial charge is 0.508 e. The van der Waals surface area contributed by atoms with Crippen LogP contribution in [0, 0.1) is 0 Å². The van der Waals surface area contributed by atoms with Crippen LogP contribution in [0.15, 0.2) is 47.6 Å². The fourth-order valence-electron chi connectivity index (χ4n) is 1.73. The number of ether oxygens (including phenoxy) is 2. The molecule has 0 atom stereocenters. The van der Waals surface area contributed by atoms with E-state index in [1.54, 1.807) is 24.3 Å². The molecule has 0 fully saturated rings. The Morgan fingerprint density at radius 2 is 1.96 bits per heavy atom. The molecule has 7 nitrogen and oxygen atoms in total. The normalized spacial score (nSPS) is 10.5. The third kappa shape index (κ3) is 4.63. The van der Waals surface area contributed by atoms with Crippen molar-refractivity contribution in [2.24, 2.45) is 5.10 Å². The lowest BCUT2D eigenvalue weighted by Gasteiger charge is -2.09. The van der Waals surface area contributed by atoms with Gasteiger partial charge in [-0.15, -0.1) is 0 Å². The molecule has 23 heavy (non-hydrogen) atoms. The maximum Gasteiger partial charge on any atom is 0.277 e. The molecular weight excluding hydrogens is 300 g/mol. The number of hydrogen-bond donors (Lipinski definition) is 3. The molecule has 0 heterocycles. The van der Waals surface area contributed by atoms with Crippen LogP contribution in [0.1, 0.15) is 5.56 Å². The van der Waals surface area contributed by atoms with Crippen LogP contribution in [0.3, 0.4) is 0 Å². The monoisotopic (exact) mass is 316 g/mol. The summed E-state index contributed by atoms with van der Waals surface area (Å²) in [6, 6.07) is 11.0. The number of phenolic OH excluding ortho intramolecular Hbond substituents is 2. The van der Waals surface area contributed by atoms with E-state index in [1.165, 1.54) is 31.5 Å². The van der Waals surface area contributed by atoms with E-state index < -0.39 is 5.91 Å². The number of carbonyl (C=O) groups excluding carboxylic acids is 1. The number of rotatable bonds is 6. The van der Waals surface area contributed by atoms with Crippen LogP contribution in [0.4, 0.5) is 0 Å². The van der Waals surface area contributed by atoms with Gasteiger partial charge in [-0.1, -0.05) is 12.1 Å². The molecule has 2 rings (SSSR count). The number of benzene rings is 2. The summed E-state index contributed by atoms with van der Waals surface area (Å²) >= 11 is 0. The summed E-state index contributed by atoms with van der Waals surface area (Å²) in [6.45, 7) is -0.237. The minimum absolute atomic E-state index is 0.0612. The molecule has 0 radical (unpaired) electrons. The number of nitrogens with zero attached hydrogens (tertiary/aromatic N) is 1. The summed E-state index contributed by atoms with van der Waals surface area (Å²) < 4.78 is 10.4. The molecule has 120 valence electrons. The second kappa shape index (κ2) is 7.69. The van der Waals surface area contributed by atoms with Gasteiger partial charge in [0, 0.05) is 11.6 Å². The Kier molecular flexibility index (Phi) is 5.40. The molecule has 1 amide bonds. The van der Waals surface area contributed by atoms with Crippen molar-refractivity contribution in [1.82, 2.24) is 5.43 Å². The van der Waals surface area contributed by atoms with E-state index in [-0.39, 0.29) is 18.1 Å². The number of amides is 1. The molecule has 3 N–H and O–H groups in total. The van der Waals surface area contributed by atoms with Crippen LogP contribution >= 0.6 is 0 Å². The van der Waals surface area contributed by atoms with Gasteiger partial charge in [0.15, 0.2) is 18.1 Å². The fraction of sp³-hybridized carbons (Fsp3) is 0.125. The second-order valence-corrected chi connectivity index (χ2v) is 4.48. The van der Waals surface area contributed by atoms with Crippen molar-refractivity contribution in [2.75, 3.05) is 13.7 Å². The molecule has 0 aliphatic heterocycles. The van der Waals surface area contributed by atoms with Gasteiger partial charge in [-0.25, -0.2) is 5.43 Å². The van der Waals surface area contributed by atoms with Crippen molar-refractivity contribution in [1.29, 1.82) is 0 Å². The molecule has 0 aliphatic rings. The lowest BCUT2D eigenvalue weighted by molar-refractivity contribution is -0.123. The topological polar surface area (TPSA) is 100 Å². The van der Waals surface area contributed by atoms with Gasteiger partial charge in [0.1, 0.15) is 11.5 Å². The van der Waals surface area contributed by atoms with Crippen LogP contribution in [0.2, 0.25) is 0 Å². The maximum atomic E-state index is 11.7. The minimum Gasteiger partial charge on any atom is -0.508 e. The summed E-state index contributed by atoms with van der Waals surface area (Å²) in [5.74, 6) is 0.302. The number of hydrogen-bond acceptors (Lipinski definition) is 6. The summed E-state index contributed by atoms with van der Waals surface area (Å²) in [5, 5.41) is 22.4. The highest BCUT2D eigenvalue weighted by Gasteiger charge is 2.06. The van der Waals surface area contributed by atoms with Crippen LogP contribution in [-0.4, -0.2) is 36.1 Å². The number of methoxy groups -OCH3 is 1. The van der Waals surface area contributed by atoms with Crippen molar-refractivity contribution in [2.45, 2.75) is 0 Å². The van der Waals surface area contributed by atoms with E-state index in [4.69, 9.17) is 9.47 Å². The van der Waals surface area contributed by atoms with Crippen LogP contribution in [0.25, 0.3) is 0 Å². The molecule has 0 aliphatic carbocycles. The predicted molar refractivity (Wildman–Crippen MR) is 84.0 cm³/mol. The Balaban J connectivity index is 1.86. The van der Waals surface area contributed by atoms with Crippen LogP contribution in [-0.2, 0) is 4.79 Å². The molecule has 0 unspecified atom stereocenters. The number of nitrogens with one attached hydrogen (secondary N) is 1. The van der Waals surface area contributed by atoms with Gasteiger partial charge in [0.25, 0.3) is 5.91 Å². The quantitative estimate of drug-likeness (QED) is 0.555. The van der Waals surface area contributed by atoms with Gasteiger partial charge in [-0.2, -0.15) is 5.10 Å². The molecule has 2 aromatic carbocycles. The van der Waals surface area contributed by atoms with Crippen LogP contribution < -0.4 is 14.9 Å². The molecule has 0 saturated carbocycles. The lowest BCUT2D eigenvalue weighted by atomic mass is 10.2. The van der Waals surface area contributed by atoms with Gasteiger partial charge in [0.2, 0.25) is 0 Å². The molecule has 0 aromatic heterocycles. The zero-order valence-corrected chi connectivity index (χ0v) is 12.4. The van der Waals surface area contributed by atoms with Crippen molar-refractivity contribution in [3.05, 3.63) is 48.0 Å². The first-order chi connectivity index (χ1) is 11.1. The minimum atomic E-state index is -0.467. The average Bonchev–Trinajstić information content (AvgIpc) is 2.55. The Morgan fingerprint density at radius 3 is 2.65 bits per heavy atom. The lowest BCUT2D eigenvalue weighted by Crippen LogP contribution is -2.24. The van der Waals surface area contributed by atoms with E-state index in [1.807, 2.05) is 0 Å². The third-order valence-electron chi connectivity index (χ3n) is 2.83. The molecule has 0 bridgehead atoms. The smallest absolute Gasteiger partial charge is 0.277 e. The third-order valence-corrected chi connectivity index (χ3v) is 2.83. The van der Waals surface area contributed by atoms with Crippen molar-refractivity contribution in [3.63, 3.8) is 0 Å². The van der Waals surface area contributed by atoms with Crippen molar-refractivity contribution >= 4 is 12.1 Å². The highest BCUT2D eigenvalue weighted by atomic mass is 16.5. The summed E-state index contributed by atoms with van der Waals surface area (Å²) in [5.41, 5.74) is 2.63. The first-order valence-corrected chi connectivity index (χ1v) is 6.70. The number of para-hydroxylation sites is 2. The number of aromatic hydroxyl groups is 2. The van der Waals surface area contributed by atoms with Gasteiger partial charge in [-0.05, 0) is 24.3 Å². The van der Waals surface area contributed by atoms with E-state index in [2.05, 4.69) is 10.5 Å². The number of phenols is 2. The highest BCUT2D eigenvalue weighted by molar-refractivity contribution is 5.85. The van der Waals surface area contributed by atoms with Crippen molar-refractivity contribution in [3.8, 4) is 23.0 Å².